The number of rotatable bonds is 1. The number of hydrogen-bond donors (Lipinski definition) is 1. The van der Waals surface area contributed by atoms with Gasteiger partial charge in [-0.15, -0.1) is 0 Å². The molecule has 2 rings (SSSR count). The monoisotopic (exact) mass is 239 g/mol. The Balaban J connectivity index is 2.65. The van der Waals surface area contributed by atoms with Gasteiger partial charge in [-0.3, -0.25) is 4.79 Å². The van der Waals surface area contributed by atoms with E-state index in [2.05, 4.69) is 4.98 Å². The third-order valence-corrected chi connectivity index (χ3v) is 2.59. The second kappa shape index (κ2) is 4.09. The van der Waals surface area contributed by atoms with Crippen LogP contribution >= 0.6 is 23.2 Å². The van der Waals surface area contributed by atoms with E-state index in [-0.39, 0.29) is 5.56 Å². The number of pyridine rings is 1. The predicted molar refractivity (Wildman–Crippen MR) is 62.5 cm³/mol. The minimum atomic E-state index is -0.165. The molecule has 76 valence electrons. The molecule has 0 saturated carbocycles. The molecule has 0 spiro atoms. The number of hydrogen-bond acceptors (Lipinski definition) is 1. The summed E-state index contributed by atoms with van der Waals surface area (Å²) in [6, 6.07) is 8.52. The highest BCUT2D eigenvalue weighted by atomic mass is 35.5. The molecule has 0 radical (unpaired) electrons. The number of H-pyrrole nitrogens is 1. The number of aromatic amines is 1. The van der Waals surface area contributed by atoms with Crippen LogP contribution in [0, 0.1) is 0 Å². The Morgan fingerprint density at radius 3 is 2.53 bits per heavy atom. The summed E-state index contributed by atoms with van der Waals surface area (Å²) in [5.74, 6) is 0. The zero-order chi connectivity index (χ0) is 10.8. The van der Waals surface area contributed by atoms with Gasteiger partial charge in [0.2, 0.25) is 0 Å². The fraction of sp³-hybridized carbons (Fsp3) is 0. The summed E-state index contributed by atoms with van der Waals surface area (Å²) in [5, 5.41) is 1.02. The van der Waals surface area contributed by atoms with Crippen molar-refractivity contribution in [3.63, 3.8) is 0 Å². The first-order valence-corrected chi connectivity index (χ1v) is 5.07. The molecule has 1 aromatic heterocycles. The molecule has 0 fully saturated rings. The summed E-state index contributed by atoms with van der Waals surface area (Å²) in [5.41, 5.74) is 1.06. The van der Waals surface area contributed by atoms with Gasteiger partial charge < -0.3 is 4.98 Å². The lowest BCUT2D eigenvalue weighted by Gasteiger charge is -2.03. The van der Waals surface area contributed by atoms with Crippen molar-refractivity contribution >= 4 is 23.2 Å². The average molecular weight is 240 g/mol. The Kier molecular flexibility index (Phi) is 2.80. The largest absolute Gasteiger partial charge is 0.329 e. The highest BCUT2D eigenvalue weighted by Gasteiger charge is 2.06. The van der Waals surface area contributed by atoms with Crippen LogP contribution in [0.3, 0.4) is 0 Å². The second-order valence-corrected chi connectivity index (χ2v) is 3.88. The summed E-state index contributed by atoms with van der Waals surface area (Å²) in [4.78, 5) is 14.1. The molecule has 1 N–H and O–H groups in total. The van der Waals surface area contributed by atoms with Crippen LogP contribution in [0.2, 0.25) is 10.0 Å². The minimum absolute atomic E-state index is 0.165. The van der Waals surface area contributed by atoms with Crippen LogP contribution in [0.25, 0.3) is 11.1 Å². The Morgan fingerprint density at radius 1 is 1.07 bits per heavy atom. The van der Waals surface area contributed by atoms with Gasteiger partial charge in [-0.05, 0) is 24.3 Å². The van der Waals surface area contributed by atoms with Crippen molar-refractivity contribution in [3.05, 3.63) is 56.9 Å². The lowest BCUT2D eigenvalue weighted by Crippen LogP contribution is -2.06. The van der Waals surface area contributed by atoms with Crippen LogP contribution in [0.1, 0.15) is 0 Å². The van der Waals surface area contributed by atoms with E-state index >= 15 is 0 Å². The van der Waals surface area contributed by atoms with Crippen LogP contribution in [-0.2, 0) is 0 Å². The molecule has 0 aliphatic carbocycles. The molecule has 1 aromatic carbocycles. The molecular weight excluding hydrogens is 233 g/mol. The highest BCUT2D eigenvalue weighted by molar-refractivity contribution is 6.36. The van der Waals surface area contributed by atoms with E-state index in [4.69, 9.17) is 23.2 Å². The van der Waals surface area contributed by atoms with Crippen molar-refractivity contribution in [2.75, 3.05) is 0 Å². The molecule has 1 heterocycles. The molecule has 0 unspecified atom stereocenters. The van der Waals surface area contributed by atoms with Crippen molar-refractivity contribution in [2.45, 2.75) is 0 Å². The molecule has 0 saturated heterocycles. The molecule has 0 amide bonds. The van der Waals surface area contributed by atoms with E-state index in [0.717, 1.165) is 0 Å². The van der Waals surface area contributed by atoms with Gasteiger partial charge in [-0.1, -0.05) is 29.3 Å². The first-order valence-electron chi connectivity index (χ1n) is 4.31. The van der Waals surface area contributed by atoms with E-state index in [1.807, 2.05) is 0 Å². The van der Waals surface area contributed by atoms with Crippen molar-refractivity contribution in [3.8, 4) is 11.1 Å². The van der Waals surface area contributed by atoms with Crippen LogP contribution in [0.15, 0.2) is 41.3 Å². The number of aromatic nitrogens is 1. The highest BCUT2D eigenvalue weighted by Crippen LogP contribution is 2.27. The molecule has 0 aliphatic heterocycles. The van der Waals surface area contributed by atoms with Gasteiger partial charge in [0.25, 0.3) is 5.56 Å². The Hall–Kier alpha value is -1.25. The van der Waals surface area contributed by atoms with E-state index in [1.165, 1.54) is 0 Å². The smallest absolute Gasteiger partial charge is 0.255 e. The lowest BCUT2D eigenvalue weighted by atomic mass is 10.1. The van der Waals surface area contributed by atoms with E-state index in [0.29, 0.717) is 21.2 Å². The maximum Gasteiger partial charge on any atom is 0.255 e. The summed E-state index contributed by atoms with van der Waals surface area (Å²) < 4.78 is 0. The second-order valence-electron chi connectivity index (χ2n) is 3.04. The van der Waals surface area contributed by atoms with Gasteiger partial charge in [-0.25, -0.2) is 0 Å². The van der Waals surface area contributed by atoms with Crippen molar-refractivity contribution in [1.29, 1.82) is 0 Å². The Labute approximate surface area is 96.5 Å². The maximum atomic E-state index is 11.5. The zero-order valence-electron chi connectivity index (χ0n) is 7.63. The number of benzene rings is 1. The number of halogens is 2. The molecule has 2 aromatic rings. The maximum absolute atomic E-state index is 11.5. The van der Waals surface area contributed by atoms with Crippen LogP contribution < -0.4 is 5.56 Å². The predicted octanol–water partition coefficient (Wildman–Crippen LogP) is 3.35. The topological polar surface area (TPSA) is 32.9 Å². The third kappa shape index (κ3) is 2.06. The first-order chi connectivity index (χ1) is 7.18. The zero-order valence-corrected chi connectivity index (χ0v) is 9.14. The molecule has 15 heavy (non-hydrogen) atoms. The molecule has 0 atom stereocenters. The quantitative estimate of drug-likeness (QED) is 0.814. The van der Waals surface area contributed by atoms with Gasteiger partial charge in [0, 0.05) is 22.3 Å². The molecule has 2 nitrogen and oxygen atoms in total. The van der Waals surface area contributed by atoms with Gasteiger partial charge in [0.1, 0.15) is 0 Å². The van der Waals surface area contributed by atoms with Crippen molar-refractivity contribution < 1.29 is 0 Å². The van der Waals surface area contributed by atoms with E-state index in [9.17, 15) is 4.79 Å². The fourth-order valence-corrected chi connectivity index (χ4v) is 1.85. The van der Waals surface area contributed by atoms with Crippen molar-refractivity contribution in [1.82, 2.24) is 4.98 Å². The van der Waals surface area contributed by atoms with Crippen LogP contribution in [0.5, 0.6) is 0 Å². The SMILES string of the molecule is O=c1[nH]cccc1-c1ccc(Cl)cc1Cl. The third-order valence-electron chi connectivity index (χ3n) is 2.04. The normalized spacial score (nSPS) is 10.3. The molecule has 4 heteroatoms. The summed E-state index contributed by atoms with van der Waals surface area (Å²) >= 11 is 11.8. The van der Waals surface area contributed by atoms with Gasteiger partial charge in [0.05, 0.1) is 5.02 Å². The lowest BCUT2D eigenvalue weighted by molar-refractivity contribution is 1.24. The fourth-order valence-electron chi connectivity index (χ4n) is 1.34. The van der Waals surface area contributed by atoms with Crippen LogP contribution in [-0.4, -0.2) is 4.98 Å². The average Bonchev–Trinajstić information content (AvgIpc) is 2.20. The number of nitrogens with one attached hydrogen (secondary N) is 1. The van der Waals surface area contributed by atoms with E-state index in [1.54, 1.807) is 36.5 Å². The van der Waals surface area contributed by atoms with E-state index < -0.39 is 0 Å². The van der Waals surface area contributed by atoms with Gasteiger partial charge in [0.15, 0.2) is 0 Å². The van der Waals surface area contributed by atoms with Crippen molar-refractivity contribution in [2.24, 2.45) is 0 Å². The molecule has 0 bridgehead atoms. The standard InChI is InChI=1S/C11H7Cl2NO/c12-7-3-4-8(10(13)6-7)9-2-1-5-14-11(9)15/h1-6H,(H,14,15). The first kappa shape index (κ1) is 10.3. The van der Waals surface area contributed by atoms with Crippen LogP contribution in [0.4, 0.5) is 0 Å². The van der Waals surface area contributed by atoms with Gasteiger partial charge >= 0.3 is 0 Å². The summed E-state index contributed by atoms with van der Waals surface area (Å²) in [6.07, 6.45) is 1.58. The minimum Gasteiger partial charge on any atom is -0.329 e. The molecule has 0 aliphatic rings. The summed E-state index contributed by atoms with van der Waals surface area (Å²) in [7, 11) is 0. The Bertz CT molecular complexity index is 548. The Morgan fingerprint density at radius 2 is 1.87 bits per heavy atom. The molecular formula is C11H7Cl2NO. The summed E-state index contributed by atoms with van der Waals surface area (Å²) in [6.45, 7) is 0. The van der Waals surface area contributed by atoms with Gasteiger partial charge in [-0.2, -0.15) is 0 Å².